The highest BCUT2D eigenvalue weighted by Crippen LogP contribution is 2.31. The van der Waals surface area contributed by atoms with Crippen molar-refractivity contribution in [1.82, 2.24) is 10.2 Å². The lowest BCUT2D eigenvalue weighted by atomic mass is 9.92. The second-order valence-corrected chi connectivity index (χ2v) is 7.32. The molecule has 0 saturated carbocycles. The summed E-state index contributed by atoms with van der Waals surface area (Å²) < 4.78 is 0. The monoisotopic (exact) mass is 310 g/mol. The lowest BCUT2D eigenvalue weighted by Crippen LogP contribution is -2.36. The van der Waals surface area contributed by atoms with E-state index >= 15 is 0 Å². The average Bonchev–Trinajstić information content (AvgIpc) is 2.59. The van der Waals surface area contributed by atoms with E-state index in [0.29, 0.717) is 25.3 Å². The molecular weight excluding hydrogens is 280 g/mol. The normalized spacial score (nSPS) is 18.9. The van der Waals surface area contributed by atoms with Crippen LogP contribution in [0, 0.1) is 11.3 Å². The second-order valence-electron chi connectivity index (χ2n) is 7.32. The van der Waals surface area contributed by atoms with E-state index in [-0.39, 0.29) is 23.8 Å². The van der Waals surface area contributed by atoms with Gasteiger partial charge in [0.15, 0.2) is 0 Å². The molecule has 1 unspecified atom stereocenters. The van der Waals surface area contributed by atoms with Gasteiger partial charge in [-0.3, -0.25) is 19.3 Å². The number of hydrogen-bond acceptors (Lipinski definition) is 3. The molecule has 22 heavy (non-hydrogen) atoms. The Kier molecular flexibility index (Phi) is 6.57. The first kappa shape index (κ1) is 18.7. The lowest BCUT2D eigenvalue weighted by molar-refractivity contribution is -0.141. The Labute approximate surface area is 133 Å². The van der Waals surface area contributed by atoms with E-state index in [1.807, 2.05) is 20.8 Å². The fourth-order valence-electron chi connectivity index (χ4n) is 2.48. The van der Waals surface area contributed by atoms with Gasteiger partial charge in [-0.25, -0.2) is 0 Å². The predicted octanol–water partition coefficient (Wildman–Crippen LogP) is 2.49. The van der Waals surface area contributed by atoms with Crippen LogP contribution in [-0.4, -0.2) is 35.2 Å². The fraction of sp³-hybridized carbons (Fsp3) is 0.824. The van der Waals surface area contributed by atoms with Crippen molar-refractivity contribution in [2.75, 3.05) is 6.54 Å². The smallest absolute Gasteiger partial charge is 0.235 e. The van der Waals surface area contributed by atoms with E-state index in [9.17, 15) is 14.4 Å². The quantitative estimate of drug-likeness (QED) is 0.553. The summed E-state index contributed by atoms with van der Waals surface area (Å²) in [4.78, 5) is 36.9. The maximum Gasteiger partial charge on any atom is 0.235 e. The van der Waals surface area contributed by atoms with Crippen LogP contribution in [0.1, 0.15) is 66.7 Å². The number of carbonyl (C=O) groups is 3. The SMILES string of the molecule is CC(C)C(C)NC(=O)CCCCCN1C(=O)CC(C)(C)C1=O. The number of rotatable bonds is 8. The summed E-state index contributed by atoms with van der Waals surface area (Å²) in [6.45, 7) is 10.3. The van der Waals surface area contributed by atoms with Gasteiger partial charge in [0.05, 0.1) is 5.41 Å². The van der Waals surface area contributed by atoms with Crippen LogP contribution in [0.5, 0.6) is 0 Å². The molecule has 0 aromatic heterocycles. The van der Waals surface area contributed by atoms with Gasteiger partial charge in [-0.1, -0.05) is 34.1 Å². The van der Waals surface area contributed by atoms with Crippen LogP contribution in [-0.2, 0) is 14.4 Å². The molecule has 3 amide bonds. The molecule has 1 rings (SSSR count). The highest BCUT2D eigenvalue weighted by Gasteiger charge is 2.44. The van der Waals surface area contributed by atoms with Crippen molar-refractivity contribution in [3.63, 3.8) is 0 Å². The highest BCUT2D eigenvalue weighted by atomic mass is 16.2. The van der Waals surface area contributed by atoms with Crippen LogP contribution in [0.2, 0.25) is 0 Å². The van der Waals surface area contributed by atoms with E-state index in [2.05, 4.69) is 19.2 Å². The van der Waals surface area contributed by atoms with Gasteiger partial charge in [0.25, 0.3) is 0 Å². The number of likely N-dealkylation sites (tertiary alicyclic amines) is 1. The summed E-state index contributed by atoms with van der Waals surface area (Å²) in [7, 11) is 0. The van der Waals surface area contributed by atoms with Crippen molar-refractivity contribution in [3.8, 4) is 0 Å². The summed E-state index contributed by atoms with van der Waals surface area (Å²) in [5, 5.41) is 2.98. The van der Waals surface area contributed by atoms with E-state index in [0.717, 1.165) is 19.3 Å². The Balaban J connectivity index is 2.20. The van der Waals surface area contributed by atoms with Crippen molar-refractivity contribution in [2.45, 2.75) is 72.8 Å². The zero-order chi connectivity index (χ0) is 16.9. The molecule has 0 aliphatic carbocycles. The molecular formula is C17H30N2O3. The minimum absolute atomic E-state index is 0.0685. The van der Waals surface area contributed by atoms with Gasteiger partial charge in [0, 0.05) is 25.4 Å². The average molecular weight is 310 g/mol. The van der Waals surface area contributed by atoms with E-state index in [1.165, 1.54) is 4.90 Å². The molecule has 126 valence electrons. The molecule has 1 saturated heterocycles. The van der Waals surface area contributed by atoms with Crippen molar-refractivity contribution in [2.24, 2.45) is 11.3 Å². The predicted molar refractivity (Wildman–Crippen MR) is 86.0 cm³/mol. The third-order valence-electron chi connectivity index (χ3n) is 4.39. The van der Waals surface area contributed by atoms with Gasteiger partial charge in [-0.2, -0.15) is 0 Å². The highest BCUT2D eigenvalue weighted by molar-refractivity contribution is 6.05. The molecule has 0 bridgehead atoms. The molecule has 0 aromatic rings. The molecule has 0 spiro atoms. The van der Waals surface area contributed by atoms with Gasteiger partial charge in [0.2, 0.25) is 17.7 Å². The number of carbonyl (C=O) groups excluding carboxylic acids is 3. The number of amides is 3. The maximum atomic E-state index is 12.0. The number of nitrogens with zero attached hydrogens (tertiary/aromatic N) is 1. The molecule has 1 aliphatic heterocycles. The van der Waals surface area contributed by atoms with Crippen LogP contribution in [0.4, 0.5) is 0 Å². The van der Waals surface area contributed by atoms with Crippen LogP contribution in [0.3, 0.4) is 0 Å². The van der Waals surface area contributed by atoms with Crippen LogP contribution >= 0.6 is 0 Å². The summed E-state index contributed by atoms with van der Waals surface area (Å²) in [6.07, 6.45) is 3.21. The number of nitrogens with one attached hydrogen (secondary N) is 1. The number of unbranched alkanes of at least 4 members (excludes halogenated alkanes) is 2. The summed E-state index contributed by atoms with van der Waals surface area (Å²) in [6, 6.07) is 0.189. The first-order valence-corrected chi connectivity index (χ1v) is 8.29. The Bertz CT molecular complexity index is 430. The molecule has 1 N–H and O–H groups in total. The molecule has 0 radical (unpaired) electrons. The van der Waals surface area contributed by atoms with Gasteiger partial charge in [-0.05, 0) is 25.7 Å². The molecule has 1 heterocycles. The van der Waals surface area contributed by atoms with Crippen molar-refractivity contribution >= 4 is 17.7 Å². The van der Waals surface area contributed by atoms with Crippen molar-refractivity contribution < 1.29 is 14.4 Å². The Hall–Kier alpha value is -1.39. The van der Waals surface area contributed by atoms with Crippen molar-refractivity contribution in [1.29, 1.82) is 0 Å². The van der Waals surface area contributed by atoms with Gasteiger partial charge >= 0.3 is 0 Å². The zero-order valence-corrected chi connectivity index (χ0v) is 14.6. The Morgan fingerprint density at radius 2 is 1.82 bits per heavy atom. The third kappa shape index (κ3) is 5.11. The minimum Gasteiger partial charge on any atom is -0.353 e. The van der Waals surface area contributed by atoms with Crippen molar-refractivity contribution in [3.05, 3.63) is 0 Å². The Morgan fingerprint density at radius 1 is 1.18 bits per heavy atom. The topological polar surface area (TPSA) is 66.5 Å². The van der Waals surface area contributed by atoms with Gasteiger partial charge < -0.3 is 5.32 Å². The number of imide groups is 1. The lowest BCUT2D eigenvalue weighted by Gasteiger charge is -2.18. The van der Waals surface area contributed by atoms with Gasteiger partial charge in [0.1, 0.15) is 0 Å². The minimum atomic E-state index is -0.552. The van der Waals surface area contributed by atoms with E-state index < -0.39 is 5.41 Å². The molecule has 0 aromatic carbocycles. The molecule has 5 heteroatoms. The number of hydrogen-bond donors (Lipinski definition) is 1. The van der Waals surface area contributed by atoms with Gasteiger partial charge in [-0.15, -0.1) is 0 Å². The molecule has 1 fully saturated rings. The van der Waals surface area contributed by atoms with Crippen LogP contribution in [0.15, 0.2) is 0 Å². The largest absolute Gasteiger partial charge is 0.353 e. The standard InChI is InChI=1S/C17H30N2O3/c1-12(2)13(3)18-14(20)9-7-6-8-10-19-15(21)11-17(4,5)16(19)22/h12-13H,6-11H2,1-5H3,(H,18,20). The summed E-state index contributed by atoms with van der Waals surface area (Å²) >= 11 is 0. The second kappa shape index (κ2) is 7.75. The third-order valence-corrected chi connectivity index (χ3v) is 4.39. The first-order valence-electron chi connectivity index (χ1n) is 8.29. The zero-order valence-electron chi connectivity index (χ0n) is 14.6. The fourth-order valence-corrected chi connectivity index (χ4v) is 2.48. The van der Waals surface area contributed by atoms with E-state index in [4.69, 9.17) is 0 Å². The first-order chi connectivity index (χ1) is 10.1. The van der Waals surface area contributed by atoms with Crippen LogP contribution < -0.4 is 5.32 Å². The van der Waals surface area contributed by atoms with Crippen LogP contribution in [0.25, 0.3) is 0 Å². The molecule has 1 atom stereocenters. The Morgan fingerprint density at radius 3 is 2.32 bits per heavy atom. The van der Waals surface area contributed by atoms with E-state index in [1.54, 1.807) is 0 Å². The molecule has 1 aliphatic rings. The molecule has 5 nitrogen and oxygen atoms in total. The summed E-state index contributed by atoms with van der Waals surface area (Å²) in [5.41, 5.74) is -0.552. The maximum absolute atomic E-state index is 12.0. The summed E-state index contributed by atoms with van der Waals surface area (Å²) in [5.74, 6) is 0.370.